The molecule has 0 N–H and O–H groups in total. The van der Waals surface area contributed by atoms with Gasteiger partial charge in [-0.2, -0.15) is 0 Å². The number of carbonyl (C=O) groups is 2. The van der Waals surface area contributed by atoms with Crippen LogP contribution >= 0.6 is 0 Å². The van der Waals surface area contributed by atoms with E-state index >= 15 is 0 Å². The molecule has 1 amide bonds. The number of nitrogens with zero attached hydrogens (tertiary/aromatic N) is 1. The van der Waals surface area contributed by atoms with Crippen LogP contribution in [0.1, 0.15) is 39.5 Å². The fourth-order valence-corrected chi connectivity index (χ4v) is 2.29. The number of rotatable bonds is 6. The van der Waals surface area contributed by atoms with Crippen molar-refractivity contribution in [3.05, 3.63) is 0 Å². The van der Waals surface area contributed by atoms with Gasteiger partial charge in [0.15, 0.2) is 0 Å². The summed E-state index contributed by atoms with van der Waals surface area (Å²) in [5.74, 6) is -0.0808. The molecule has 3 atom stereocenters. The fourth-order valence-electron chi connectivity index (χ4n) is 2.29. The molecule has 0 bridgehead atoms. The molecule has 2 saturated heterocycles. The van der Waals surface area contributed by atoms with Crippen LogP contribution in [0.15, 0.2) is 0 Å². The van der Waals surface area contributed by atoms with Crippen molar-refractivity contribution in [3.63, 3.8) is 0 Å². The zero-order valence-corrected chi connectivity index (χ0v) is 11.1. The molecule has 5 heteroatoms. The van der Waals surface area contributed by atoms with Crippen molar-refractivity contribution in [3.8, 4) is 0 Å². The van der Waals surface area contributed by atoms with Gasteiger partial charge in [0.05, 0.1) is 18.9 Å². The van der Waals surface area contributed by atoms with Crippen LogP contribution in [0.5, 0.6) is 0 Å². The second-order valence-electron chi connectivity index (χ2n) is 5.14. The molecule has 102 valence electrons. The van der Waals surface area contributed by atoms with Gasteiger partial charge in [0, 0.05) is 0 Å². The number of carbonyl (C=O) groups excluding carboxylic acids is 2. The number of unbranched alkanes of at least 4 members (excludes halogenated alkanes) is 1. The minimum Gasteiger partial charge on any atom is -0.463 e. The summed E-state index contributed by atoms with van der Waals surface area (Å²) in [6.45, 7) is 4.81. The van der Waals surface area contributed by atoms with E-state index in [0.717, 1.165) is 19.3 Å². The molecular weight excluding hydrogens is 234 g/mol. The lowest BCUT2D eigenvalue weighted by molar-refractivity contribution is -0.160. The molecule has 2 aliphatic rings. The molecule has 2 fully saturated rings. The van der Waals surface area contributed by atoms with Gasteiger partial charge in [-0.15, -0.1) is 0 Å². The van der Waals surface area contributed by atoms with Crippen LogP contribution in [0.2, 0.25) is 0 Å². The molecule has 0 aromatic heterocycles. The Morgan fingerprint density at radius 1 is 1.61 bits per heavy atom. The van der Waals surface area contributed by atoms with E-state index in [2.05, 4.69) is 6.92 Å². The van der Waals surface area contributed by atoms with Crippen molar-refractivity contribution in [1.29, 1.82) is 0 Å². The highest BCUT2D eigenvalue weighted by Crippen LogP contribution is 2.28. The van der Waals surface area contributed by atoms with Crippen molar-refractivity contribution in [2.24, 2.45) is 5.92 Å². The van der Waals surface area contributed by atoms with Crippen molar-refractivity contribution in [2.45, 2.75) is 51.9 Å². The Hall–Kier alpha value is -1.10. The first-order chi connectivity index (χ1) is 8.61. The van der Waals surface area contributed by atoms with Gasteiger partial charge in [0.2, 0.25) is 5.91 Å². The maximum atomic E-state index is 11.7. The summed E-state index contributed by atoms with van der Waals surface area (Å²) in [7, 11) is 0. The van der Waals surface area contributed by atoms with Gasteiger partial charge in [-0.05, 0) is 6.42 Å². The first-order valence-corrected chi connectivity index (χ1v) is 6.73. The van der Waals surface area contributed by atoms with Crippen molar-refractivity contribution in [2.75, 3.05) is 13.2 Å². The van der Waals surface area contributed by atoms with Crippen molar-refractivity contribution >= 4 is 11.9 Å². The van der Waals surface area contributed by atoms with E-state index in [-0.39, 0.29) is 36.7 Å². The van der Waals surface area contributed by atoms with E-state index in [1.807, 2.05) is 6.92 Å². The summed E-state index contributed by atoms with van der Waals surface area (Å²) in [5.41, 5.74) is 0. The molecule has 0 aromatic carbocycles. The number of β-lactam (4-membered cyclic amide) rings is 1. The van der Waals surface area contributed by atoms with Crippen molar-refractivity contribution < 1.29 is 19.1 Å². The number of ether oxygens (including phenoxy) is 2. The lowest BCUT2D eigenvalue weighted by Gasteiger charge is -2.31. The molecule has 2 aliphatic heterocycles. The van der Waals surface area contributed by atoms with Crippen LogP contribution in [0.3, 0.4) is 0 Å². The second kappa shape index (κ2) is 5.69. The van der Waals surface area contributed by atoms with Crippen LogP contribution < -0.4 is 0 Å². The average molecular weight is 255 g/mol. The molecule has 0 spiro atoms. The molecule has 5 nitrogen and oxygen atoms in total. The predicted octanol–water partition coefficient (Wildman–Crippen LogP) is 1.31. The molecule has 0 aliphatic carbocycles. The lowest BCUT2D eigenvalue weighted by Crippen LogP contribution is -2.48. The van der Waals surface area contributed by atoms with Gasteiger partial charge in [0.1, 0.15) is 18.9 Å². The predicted molar refractivity (Wildman–Crippen MR) is 64.6 cm³/mol. The first kappa shape index (κ1) is 13.3. The van der Waals surface area contributed by atoms with Crippen LogP contribution in [0, 0.1) is 5.92 Å². The maximum Gasteiger partial charge on any atom is 0.308 e. The third-order valence-corrected chi connectivity index (χ3v) is 3.57. The third-order valence-electron chi connectivity index (χ3n) is 3.57. The average Bonchev–Trinajstić information content (AvgIpc) is 2.69. The summed E-state index contributed by atoms with van der Waals surface area (Å²) in [5, 5.41) is 0. The van der Waals surface area contributed by atoms with Gasteiger partial charge >= 0.3 is 5.97 Å². The minimum absolute atomic E-state index is 0.0509. The summed E-state index contributed by atoms with van der Waals surface area (Å²) in [6.07, 6.45) is 3.25. The minimum atomic E-state index is -0.160. The van der Waals surface area contributed by atoms with Crippen LogP contribution in [-0.2, 0) is 19.1 Å². The Labute approximate surface area is 107 Å². The molecule has 0 aromatic rings. The van der Waals surface area contributed by atoms with Gasteiger partial charge in [0.25, 0.3) is 0 Å². The normalized spacial score (nSPS) is 27.7. The topological polar surface area (TPSA) is 55.8 Å². The van der Waals surface area contributed by atoms with E-state index in [4.69, 9.17) is 9.47 Å². The van der Waals surface area contributed by atoms with Gasteiger partial charge in [-0.25, -0.2) is 0 Å². The number of esters is 1. The van der Waals surface area contributed by atoms with Crippen LogP contribution in [0.4, 0.5) is 0 Å². The fraction of sp³-hybridized carbons (Fsp3) is 0.846. The van der Waals surface area contributed by atoms with E-state index in [1.165, 1.54) is 0 Å². The standard InChI is InChI=1S/C13H21NO4/c1-3-4-5-9(2)13(16)17-8-10-7-14-11(15)6-12(14)18-10/h9-10,12H,3-8H2,1-2H3. The Bertz CT molecular complexity index is 331. The molecule has 0 radical (unpaired) electrons. The monoisotopic (exact) mass is 255 g/mol. The highest BCUT2D eigenvalue weighted by molar-refractivity contribution is 5.83. The zero-order valence-electron chi connectivity index (χ0n) is 11.1. The largest absolute Gasteiger partial charge is 0.463 e. The van der Waals surface area contributed by atoms with E-state index < -0.39 is 0 Å². The first-order valence-electron chi connectivity index (χ1n) is 6.73. The van der Waals surface area contributed by atoms with Gasteiger partial charge in [-0.1, -0.05) is 26.7 Å². The number of fused-ring (bicyclic) bond motifs is 1. The van der Waals surface area contributed by atoms with Crippen LogP contribution in [0.25, 0.3) is 0 Å². The zero-order chi connectivity index (χ0) is 13.1. The number of hydrogen-bond donors (Lipinski definition) is 0. The molecule has 3 unspecified atom stereocenters. The number of hydrogen-bond acceptors (Lipinski definition) is 4. The Kier molecular flexibility index (Phi) is 4.22. The highest BCUT2D eigenvalue weighted by Gasteiger charge is 2.45. The van der Waals surface area contributed by atoms with E-state index in [9.17, 15) is 9.59 Å². The second-order valence-corrected chi connectivity index (χ2v) is 5.14. The molecule has 2 rings (SSSR count). The Morgan fingerprint density at radius 2 is 2.39 bits per heavy atom. The Morgan fingerprint density at radius 3 is 3.00 bits per heavy atom. The smallest absolute Gasteiger partial charge is 0.308 e. The number of amides is 1. The van der Waals surface area contributed by atoms with Crippen LogP contribution in [-0.4, -0.2) is 42.3 Å². The SMILES string of the molecule is CCCCC(C)C(=O)OCC1CN2C(=O)CC2O1. The summed E-state index contributed by atoms with van der Waals surface area (Å²) in [4.78, 5) is 24.5. The van der Waals surface area contributed by atoms with Gasteiger partial charge < -0.3 is 14.4 Å². The van der Waals surface area contributed by atoms with Gasteiger partial charge in [-0.3, -0.25) is 9.59 Å². The quantitative estimate of drug-likeness (QED) is 0.530. The lowest BCUT2D eigenvalue weighted by atomic mass is 10.1. The molecule has 2 heterocycles. The molecule has 18 heavy (non-hydrogen) atoms. The molecule has 0 saturated carbocycles. The van der Waals surface area contributed by atoms with Crippen molar-refractivity contribution in [1.82, 2.24) is 4.90 Å². The molecular formula is C13H21NO4. The summed E-state index contributed by atoms with van der Waals surface area (Å²) >= 11 is 0. The third kappa shape index (κ3) is 2.83. The van der Waals surface area contributed by atoms with E-state index in [1.54, 1.807) is 4.90 Å². The Balaban J connectivity index is 1.66. The maximum absolute atomic E-state index is 11.7. The summed E-state index contributed by atoms with van der Waals surface area (Å²) in [6, 6.07) is 0. The summed E-state index contributed by atoms with van der Waals surface area (Å²) < 4.78 is 10.8. The highest BCUT2D eigenvalue weighted by atomic mass is 16.6. The van der Waals surface area contributed by atoms with E-state index in [0.29, 0.717) is 13.0 Å².